The Hall–Kier alpha value is -0.900. The number of hydrogen-bond donors (Lipinski definition) is 1. The summed E-state index contributed by atoms with van der Waals surface area (Å²) < 4.78 is 2.30. The minimum atomic E-state index is 0.750. The molecule has 0 aromatic carbocycles. The Kier molecular flexibility index (Phi) is 2.24. The maximum atomic E-state index is 4.28. The van der Waals surface area contributed by atoms with Crippen LogP contribution in [0.25, 0.3) is 0 Å². The van der Waals surface area contributed by atoms with Crippen LogP contribution >= 0.6 is 0 Å². The van der Waals surface area contributed by atoms with E-state index in [0.29, 0.717) is 0 Å². The highest BCUT2D eigenvalue weighted by molar-refractivity contribution is 5.00. The van der Waals surface area contributed by atoms with Gasteiger partial charge in [-0.05, 0) is 25.2 Å². The van der Waals surface area contributed by atoms with Gasteiger partial charge in [-0.3, -0.25) is 0 Å². The average Bonchev–Trinajstić information content (AvgIpc) is 2.97. The molecule has 2 aliphatic rings. The minimum absolute atomic E-state index is 0.750. The van der Waals surface area contributed by atoms with Crippen molar-refractivity contribution in [3.8, 4) is 0 Å². The minimum Gasteiger partial charge on any atom is -0.314 e. The molecule has 1 fully saturated rings. The Morgan fingerprint density at radius 3 is 3.00 bits per heavy atom. The topological polar surface area (TPSA) is 42.7 Å². The molecule has 1 N–H and O–H groups in total. The summed E-state index contributed by atoms with van der Waals surface area (Å²) in [4.78, 5) is 0. The standard InChI is InChI=1S/C11H18N4/c1-8-4-5-15-10(6-8)13-14-11(15)7-12-9-2-3-9/h8-9,12H,2-7H2,1H3. The summed E-state index contributed by atoms with van der Waals surface area (Å²) in [7, 11) is 0. The van der Waals surface area contributed by atoms with E-state index in [2.05, 4.69) is 27.0 Å². The van der Waals surface area contributed by atoms with E-state index in [1.165, 1.54) is 25.1 Å². The van der Waals surface area contributed by atoms with Gasteiger partial charge in [0.1, 0.15) is 11.6 Å². The van der Waals surface area contributed by atoms with Crippen molar-refractivity contribution >= 4 is 0 Å². The largest absolute Gasteiger partial charge is 0.314 e. The molecule has 0 amide bonds. The number of fused-ring (bicyclic) bond motifs is 1. The summed E-state index contributed by atoms with van der Waals surface area (Å²) in [5, 5.41) is 12.1. The van der Waals surface area contributed by atoms with E-state index < -0.39 is 0 Å². The van der Waals surface area contributed by atoms with Gasteiger partial charge in [0, 0.05) is 19.0 Å². The molecule has 1 unspecified atom stereocenters. The van der Waals surface area contributed by atoms with Gasteiger partial charge in [-0.25, -0.2) is 0 Å². The molecule has 0 spiro atoms. The highest BCUT2D eigenvalue weighted by atomic mass is 15.3. The fourth-order valence-corrected chi connectivity index (χ4v) is 2.20. The molecule has 82 valence electrons. The van der Waals surface area contributed by atoms with Crippen molar-refractivity contribution < 1.29 is 0 Å². The molecule has 3 rings (SSSR count). The summed E-state index contributed by atoms with van der Waals surface area (Å²) in [5.41, 5.74) is 0. The first kappa shape index (κ1) is 9.33. The van der Waals surface area contributed by atoms with Gasteiger partial charge in [0.2, 0.25) is 0 Å². The monoisotopic (exact) mass is 206 g/mol. The van der Waals surface area contributed by atoms with Crippen molar-refractivity contribution in [2.24, 2.45) is 5.92 Å². The van der Waals surface area contributed by atoms with Crippen LogP contribution in [0.15, 0.2) is 0 Å². The molecule has 0 bridgehead atoms. The molecule has 0 radical (unpaired) electrons. The molecule has 15 heavy (non-hydrogen) atoms. The third-order valence-corrected chi connectivity index (χ3v) is 3.41. The van der Waals surface area contributed by atoms with Crippen LogP contribution in [0.2, 0.25) is 0 Å². The molecule has 0 saturated heterocycles. The van der Waals surface area contributed by atoms with E-state index in [0.717, 1.165) is 37.3 Å². The Labute approximate surface area is 90.1 Å². The zero-order valence-corrected chi connectivity index (χ0v) is 9.24. The van der Waals surface area contributed by atoms with E-state index >= 15 is 0 Å². The average molecular weight is 206 g/mol. The molecule has 1 aromatic rings. The van der Waals surface area contributed by atoms with E-state index in [-0.39, 0.29) is 0 Å². The number of rotatable bonds is 3. The quantitative estimate of drug-likeness (QED) is 0.805. The SMILES string of the molecule is CC1CCn2c(CNC3CC3)nnc2C1. The lowest BCUT2D eigenvalue weighted by Crippen LogP contribution is -2.23. The number of nitrogens with one attached hydrogen (secondary N) is 1. The summed E-state index contributed by atoms with van der Waals surface area (Å²) in [5.74, 6) is 3.08. The zero-order chi connectivity index (χ0) is 10.3. The molecule has 1 saturated carbocycles. The van der Waals surface area contributed by atoms with Gasteiger partial charge in [0.05, 0.1) is 6.54 Å². The molecule has 1 aromatic heterocycles. The van der Waals surface area contributed by atoms with Crippen molar-refractivity contribution in [3.63, 3.8) is 0 Å². The van der Waals surface area contributed by atoms with E-state index in [1.54, 1.807) is 0 Å². The highest BCUT2D eigenvalue weighted by Crippen LogP contribution is 2.21. The molecule has 1 aliphatic heterocycles. The molecular formula is C11H18N4. The normalized spacial score (nSPS) is 25.3. The third-order valence-electron chi connectivity index (χ3n) is 3.41. The third kappa shape index (κ3) is 1.91. The van der Waals surface area contributed by atoms with Crippen molar-refractivity contribution in [1.82, 2.24) is 20.1 Å². The van der Waals surface area contributed by atoms with Gasteiger partial charge in [0.15, 0.2) is 0 Å². The summed E-state index contributed by atoms with van der Waals surface area (Å²) in [6, 6.07) is 0.750. The summed E-state index contributed by atoms with van der Waals surface area (Å²) >= 11 is 0. The van der Waals surface area contributed by atoms with Crippen LogP contribution in [0.3, 0.4) is 0 Å². The molecule has 2 heterocycles. The fraction of sp³-hybridized carbons (Fsp3) is 0.818. The predicted molar refractivity (Wildman–Crippen MR) is 57.4 cm³/mol. The first-order valence-corrected chi connectivity index (χ1v) is 5.97. The van der Waals surface area contributed by atoms with Crippen LogP contribution in [-0.4, -0.2) is 20.8 Å². The van der Waals surface area contributed by atoms with E-state index in [1.807, 2.05) is 0 Å². The fourth-order valence-electron chi connectivity index (χ4n) is 2.20. The van der Waals surface area contributed by atoms with Crippen LogP contribution in [-0.2, 0) is 19.5 Å². The molecular weight excluding hydrogens is 188 g/mol. The van der Waals surface area contributed by atoms with Gasteiger partial charge < -0.3 is 9.88 Å². The van der Waals surface area contributed by atoms with Gasteiger partial charge in [-0.2, -0.15) is 0 Å². The predicted octanol–water partition coefficient (Wildman–Crippen LogP) is 1.11. The van der Waals surface area contributed by atoms with Gasteiger partial charge in [0.25, 0.3) is 0 Å². The van der Waals surface area contributed by atoms with Crippen LogP contribution in [0.5, 0.6) is 0 Å². The van der Waals surface area contributed by atoms with Crippen LogP contribution < -0.4 is 5.32 Å². The Morgan fingerprint density at radius 1 is 1.33 bits per heavy atom. The first-order valence-electron chi connectivity index (χ1n) is 5.97. The van der Waals surface area contributed by atoms with Crippen molar-refractivity contribution in [3.05, 3.63) is 11.6 Å². The lowest BCUT2D eigenvalue weighted by molar-refractivity contribution is 0.400. The number of aromatic nitrogens is 3. The first-order chi connectivity index (χ1) is 7.33. The number of hydrogen-bond acceptors (Lipinski definition) is 3. The van der Waals surface area contributed by atoms with Gasteiger partial charge >= 0.3 is 0 Å². The second-order valence-electron chi connectivity index (χ2n) is 4.94. The summed E-state index contributed by atoms with van der Waals surface area (Å²) in [6.07, 6.45) is 5.02. The lowest BCUT2D eigenvalue weighted by Gasteiger charge is -2.20. The van der Waals surface area contributed by atoms with Crippen LogP contribution in [0.1, 0.15) is 37.8 Å². The number of nitrogens with zero attached hydrogens (tertiary/aromatic N) is 3. The lowest BCUT2D eigenvalue weighted by atomic mass is 10.0. The van der Waals surface area contributed by atoms with Crippen molar-refractivity contribution in [2.45, 2.75) is 51.7 Å². The maximum absolute atomic E-state index is 4.28. The molecule has 4 heteroatoms. The van der Waals surface area contributed by atoms with Crippen molar-refractivity contribution in [2.75, 3.05) is 0 Å². The zero-order valence-electron chi connectivity index (χ0n) is 9.24. The maximum Gasteiger partial charge on any atom is 0.147 e. The highest BCUT2D eigenvalue weighted by Gasteiger charge is 2.23. The molecule has 1 atom stereocenters. The second kappa shape index (κ2) is 3.59. The van der Waals surface area contributed by atoms with Gasteiger partial charge in [-0.15, -0.1) is 10.2 Å². The van der Waals surface area contributed by atoms with E-state index in [9.17, 15) is 0 Å². The smallest absolute Gasteiger partial charge is 0.147 e. The van der Waals surface area contributed by atoms with Gasteiger partial charge in [-0.1, -0.05) is 6.92 Å². The molecule has 4 nitrogen and oxygen atoms in total. The van der Waals surface area contributed by atoms with Crippen LogP contribution in [0, 0.1) is 5.92 Å². The van der Waals surface area contributed by atoms with E-state index in [4.69, 9.17) is 0 Å². The second-order valence-corrected chi connectivity index (χ2v) is 4.94. The van der Waals surface area contributed by atoms with Crippen molar-refractivity contribution in [1.29, 1.82) is 0 Å². The Morgan fingerprint density at radius 2 is 2.20 bits per heavy atom. The summed E-state index contributed by atoms with van der Waals surface area (Å²) in [6.45, 7) is 4.29. The Balaban J connectivity index is 1.72. The molecule has 1 aliphatic carbocycles. The van der Waals surface area contributed by atoms with Crippen LogP contribution in [0.4, 0.5) is 0 Å². The Bertz CT molecular complexity index is 353.